The van der Waals surface area contributed by atoms with Gasteiger partial charge in [0.25, 0.3) is 0 Å². The summed E-state index contributed by atoms with van der Waals surface area (Å²) in [5.41, 5.74) is 0. The number of sulfonamides is 1. The molecule has 1 rings (SSSR count). The Balaban J connectivity index is 2.32. The summed E-state index contributed by atoms with van der Waals surface area (Å²) in [5.74, 6) is -1.04. The van der Waals surface area contributed by atoms with Gasteiger partial charge in [-0.1, -0.05) is 0 Å². The van der Waals surface area contributed by atoms with Crippen LogP contribution < -0.4 is 10.0 Å². The average molecular weight is 250 g/mol. The molecule has 1 aliphatic heterocycles. The normalized spacial score (nSPS) is 21.7. The molecule has 1 aliphatic rings. The average Bonchev–Trinajstić information content (AvgIpc) is 2.27. The van der Waals surface area contributed by atoms with E-state index in [1.807, 2.05) is 0 Å². The fraction of sp³-hybridized carbons (Fsp3) is 0.889. The Morgan fingerprint density at radius 2 is 2.31 bits per heavy atom. The van der Waals surface area contributed by atoms with Crippen molar-refractivity contribution in [3.05, 3.63) is 0 Å². The molecule has 16 heavy (non-hydrogen) atoms. The van der Waals surface area contributed by atoms with Crippen LogP contribution in [0.15, 0.2) is 0 Å². The molecule has 2 N–H and O–H groups in total. The van der Waals surface area contributed by atoms with E-state index in [0.717, 1.165) is 25.9 Å². The molecule has 0 amide bonds. The van der Waals surface area contributed by atoms with Crippen molar-refractivity contribution in [1.82, 2.24) is 10.0 Å². The third-order valence-electron chi connectivity index (χ3n) is 2.53. The maximum Gasteiger partial charge on any atom is 0.322 e. The largest absolute Gasteiger partial charge is 0.468 e. The van der Waals surface area contributed by atoms with Gasteiger partial charge in [-0.2, -0.15) is 0 Å². The highest BCUT2D eigenvalue weighted by molar-refractivity contribution is 7.90. The molecule has 0 aromatic heterocycles. The lowest BCUT2D eigenvalue weighted by atomic mass is 10.0. The third-order valence-corrected chi connectivity index (χ3v) is 3.75. The predicted octanol–water partition coefficient (Wildman–Crippen LogP) is -0.922. The highest BCUT2D eigenvalue weighted by Gasteiger charge is 2.19. The quantitative estimate of drug-likeness (QED) is 0.616. The Bertz CT molecular complexity index is 322. The molecule has 0 aromatic carbocycles. The Morgan fingerprint density at radius 1 is 1.56 bits per heavy atom. The van der Waals surface area contributed by atoms with E-state index in [-0.39, 0.29) is 0 Å². The number of carbonyl (C=O) groups is 1. The number of carbonyl (C=O) groups excluding carboxylic acids is 1. The summed E-state index contributed by atoms with van der Waals surface area (Å²) < 4.78 is 29.6. The molecular weight excluding hydrogens is 232 g/mol. The summed E-state index contributed by atoms with van der Waals surface area (Å²) in [6.07, 6.45) is 2.07. The number of hydrogen-bond acceptors (Lipinski definition) is 5. The van der Waals surface area contributed by atoms with Crippen LogP contribution in [-0.2, 0) is 19.6 Å². The molecule has 7 heteroatoms. The number of hydrogen-bond donors (Lipinski definition) is 2. The number of esters is 1. The summed E-state index contributed by atoms with van der Waals surface area (Å²) in [4.78, 5) is 10.8. The highest BCUT2D eigenvalue weighted by Crippen LogP contribution is 2.08. The van der Waals surface area contributed by atoms with Crippen LogP contribution in [0.4, 0.5) is 0 Å². The van der Waals surface area contributed by atoms with E-state index in [1.165, 1.54) is 7.11 Å². The van der Waals surface area contributed by atoms with Crippen LogP contribution in [0.1, 0.15) is 12.8 Å². The molecule has 0 saturated carbocycles. The van der Waals surface area contributed by atoms with Crippen molar-refractivity contribution in [1.29, 1.82) is 0 Å². The molecule has 1 heterocycles. The van der Waals surface area contributed by atoms with E-state index in [2.05, 4.69) is 14.8 Å². The van der Waals surface area contributed by atoms with Gasteiger partial charge in [0.2, 0.25) is 10.0 Å². The first-order valence-electron chi connectivity index (χ1n) is 5.28. The molecule has 1 saturated heterocycles. The van der Waals surface area contributed by atoms with Crippen LogP contribution in [0.25, 0.3) is 0 Å². The number of rotatable bonds is 5. The minimum absolute atomic E-state index is 0.307. The Labute approximate surface area is 95.8 Å². The van der Waals surface area contributed by atoms with Gasteiger partial charge in [-0.05, 0) is 31.8 Å². The van der Waals surface area contributed by atoms with Crippen LogP contribution in [0.3, 0.4) is 0 Å². The van der Waals surface area contributed by atoms with E-state index >= 15 is 0 Å². The maximum absolute atomic E-state index is 11.4. The van der Waals surface area contributed by atoms with Gasteiger partial charge in [-0.25, -0.2) is 13.1 Å². The maximum atomic E-state index is 11.4. The van der Waals surface area contributed by atoms with Gasteiger partial charge in [-0.15, -0.1) is 0 Å². The zero-order chi connectivity index (χ0) is 12.0. The Kier molecular flexibility index (Phi) is 5.17. The predicted molar refractivity (Wildman–Crippen MR) is 59.4 cm³/mol. The first-order chi connectivity index (χ1) is 7.53. The Hall–Kier alpha value is -0.660. The van der Waals surface area contributed by atoms with Gasteiger partial charge in [0.15, 0.2) is 5.75 Å². The van der Waals surface area contributed by atoms with Gasteiger partial charge in [0, 0.05) is 6.54 Å². The smallest absolute Gasteiger partial charge is 0.322 e. The Morgan fingerprint density at radius 3 is 2.88 bits per heavy atom. The van der Waals surface area contributed by atoms with E-state index in [1.54, 1.807) is 0 Å². The molecule has 1 atom stereocenters. The fourth-order valence-corrected chi connectivity index (χ4v) is 2.63. The molecule has 0 aromatic rings. The first kappa shape index (κ1) is 13.4. The summed E-state index contributed by atoms with van der Waals surface area (Å²) in [6.45, 7) is 2.19. The van der Waals surface area contributed by atoms with Crippen LogP contribution in [0.5, 0.6) is 0 Å². The van der Waals surface area contributed by atoms with Gasteiger partial charge in [0.05, 0.1) is 7.11 Å². The van der Waals surface area contributed by atoms with E-state index in [9.17, 15) is 13.2 Å². The van der Waals surface area contributed by atoms with Crippen molar-refractivity contribution in [2.75, 3.05) is 32.5 Å². The second-order valence-corrected chi connectivity index (χ2v) is 5.70. The van der Waals surface area contributed by atoms with E-state index < -0.39 is 21.7 Å². The zero-order valence-electron chi connectivity index (χ0n) is 9.36. The lowest BCUT2D eigenvalue weighted by molar-refractivity contribution is -0.137. The lowest BCUT2D eigenvalue weighted by Gasteiger charge is -2.22. The molecule has 1 fully saturated rings. The molecule has 94 valence electrons. The molecule has 1 unspecified atom stereocenters. The standard InChI is InChI=1S/C9H18N2O4S/c1-15-9(12)7-16(13,14)11-6-8-3-2-4-10-5-8/h8,10-11H,2-7H2,1H3. The lowest BCUT2D eigenvalue weighted by Crippen LogP contribution is -2.39. The van der Waals surface area contributed by atoms with Gasteiger partial charge in [0.1, 0.15) is 0 Å². The molecule has 0 spiro atoms. The zero-order valence-corrected chi connectivity index (χ0v) is 10.2. The second kappa shape index (κ2) is 6.17. The number of piperidine rings is 1. The monoisotopic (exact) mass is 250 g/mol. The summed E-state index contributed by atoms with van der Waals surface area (Å²) in [5, 5.41) is 3.20. The van der Waals surface area contributed by atoms with Gasteiger partial charge >= 0.3 is 5.97 Å². The first-order valence-corrected chi connectivity index (χ1v) is 6.93. The summed E-state index contributed by atoms with van der Waals surface area (Å²) >= 11 is 0. The van der Waals surface area contributed by atoms with Gasteiger partial charge in [-0.3, -0.25) is 4.79 Å². The third kappa shape index (κ3) is 4.91. The van der Waals surface area contributed by atoms with Crippen molar-refractivity contribution in [3.8, 4) is 0 Å². The van der Waals surface area contributed by atoms with Crippen LogP contribution in [0.2, 0.25) is 0 Å². The van der Waals surface area contributed by atoms with Crippen molar-refractivity contribution in [2.45, 2.75) is 12.8 Å². The number of nitrogens with one attached hydrogen (secondary N) is 2. The van der Waals surface area contributed by atoms with E-state index in [4.69, 9.17) is 0 Å². The molecular formula is C9H18N2O4S. The van der Waals surface area contributed by atoms with Crippen LogP contribution in [0, 0.1) is 5.92 Å². The molecule has 0 radical (unpaired) electrons. The van der Waals surface area contributed by atoms with Crippen LogP contribution in [-0.4, -0.2) is 46.9 Å². The molecule has 6 nitrogen and oxygen atoms in total. The fourth-order valence-electron chi connectivity index (χ4n) is 1.61. The minimum atomic E-state index is -3.54. The van der Waals surface area contributed by atoms with Crippen molar-refractivity contribution < 1.29 is 17.9 Å². The van der Waals surface area contributed by atoms with E-state index in [0.29, 0.717) is 12.5 Å². The number of methoxy groups -OCH3 is 1. The second-order valence-electron chi connectivity index (χ2n) is 3.90. The SMILES string of the molecule is COC(=O)CS(=O)(=O)NCC1CCCNC1. The van der Waals surface area contributed by atoms with Crippen LogP contribution >= 0.6 is 0 Å². The highest BCUT2D eigenvalue weighted by atomic mass is 32.2. The number of ether oxygens (including phenoxy) is 1. The van der Waals surface area contributed by atoms with Crippen molar-refractivity contribution >= 4 is 16.0 Å². The molecule has 0 bridgehead atoms. The molecule has 0 aliphatic carbocycles. The summed E-state index contributed by atoms with van der Waals surface area (Å²) in [6, 6.07) is 0. The summed E-state index contributed by atoms with van der Waals surface area (Å²) in [7, 11) is -2.38. The topological polar surface area (TPSA) is 84.5 Å². The van der Waals surface area contributed by atoms with Crippen molar-refractivity contribution in [3.63, 3.8) is 0 Å². The van der Waals surface area contributed by atoms with Crippen molar-refractivity contribution in [2.24, 2.45) is 5.92 Å². The van der Waals surface area contributed by atoms with Gasteiger partial charge < -0.3 is 10.1 Å². The minimum Gasteiger partial charge on any atom is -0.468 e.